The molecule has 1 nitrogen and oxygen atoms in total. The van der Waals surface area contributed by atoms with Gasteiger partial charge >= 0.3 is 0 Å². The van der Waals surface area contributed by atoms with E-state index in [1.54, 1.807) is 6.08 Å². The number of allylic oxidation sites excluding steroid dienone is 6. The normalized spacial score (nSPS) is 13.0. The van der Waals surface area contributed by atoms with Gasteiger partial charge in [-0.25, -0.2) is 0 Å². The molecule has 0 aliphatic heterocycles. The fourth-order valence-corrected chi connectivity index (χ4v) is 1.12. The lowest BCUT2D eigenvalue weighted by Gasteiger charge is -2.09. The Morgan fingerprint density at radius 2 is 2.07 bits per heavy atom. The van der Waals surface area contributed by atoms with Crippen LogP contribution in [-0.2, 0) is 4.74 Å². The van der Waals surface area contributed by atoms with Crippen molar-refractivity contribution in [1.82, 2.24) is 0 Å². The van der Waals surface area contributed by atoms with Gasteiger partial charge in [-0.3, -0.25) is 0 Å². The van der Waals surface area contributed by atoms with Crippen LogP contribution in [0.5, 0.6) is 0 Å². The van der Waals surface area contributed by atoms with Gasteiger partial charge in [-0.1, -0.05) is 38.3 Å². The molecule has 0 spiro atoms. The maximum Gasteiger partial charge on any atom is 0.129 e. The molecule has 0 N–H and O–H groups in total. The Balaban J connectivity index is 4.70. The van der Waals surface area contributed by atoms with E-state index in [4.69, 9.17) is 4.74 Å². The van der Waals surface area contributed by atoms with Crippen molar-refractivity contribution in [2.75, 3.05) is 0 Å². The van der Waals surface area contributed by atoms with Gasteiger partial charge in [-0.05, 0) is 38.0 Å². The lowest BCUT2D eigenvalue weighted by atomic mass is 10.2. The summed E-state index contributed by atoms with van der Waals surface area (Å²) >= 11 is 0. The maximum atomic E-state index is 5.59. The molecule has 0 fully saturated rings. The first kappa shape index (κ1) is 13.5. The van der Waals surface area contributed by atoms with Crippen molar-refractivity contribution in [2.24, 2.45) is 0 Å². The lowest BCUT2D eigenvalue weighted by Crippen LogP contribution is -1.92. The quantitative estimate of drug-likeness (QED) is 0.456. The Bertz CT molecular complexity index is 303. The minimum Gasteiger partial charge on any atom is -0.458 e. The van der Waals surface area contributed by atoms with Crippen LogP contribution in [0, 0.1) is 0 Å². The minimum absolute atomic E-state index is 0.634. The van der Waals surface area contributed by atoms with Crippen molar-refractivity contribution in [2.45, 2.75) is 27.2 Å². The molecule has 82 valence electrons. The third kappa shape index (κ3) is 5.74. The Morgan fingerprint density at radius 1 is 1.40 bits per heavy atom. The zero-order valence-electron chi connectivity index (χ0n) is 9.92. The zero-order chi connectivity index (χ0) is 11.7. The second-order valence-electron chi connectivity index (χ2n) is 3.13. The van der Waals surface area contributed by atoms with E-state index in [2.05, 4.69) is 26.2 Å². The summed E-state index contributed by atoms with van der Waals surface area (Å²) in [5.41, 5.74) is 1.10. The van der Waals surface area contributed by atoms with Gasteiger partial charge in [0.15, 0.2) is 0 Å². The molecule has 0 rings (SSSR count). The minimum atomic E-state index is 0.634. The largest absolute Gasteiger partial charge is 0.458 e. The van der Waals surface area contributed by atoms with E-state index in [0.717, 1.165) is 17.8 Å². The third-order valence-corrected chi connectivity index (χ3v) is 1.76. The summed E-state index contributed by atoms with van der Waals surface area (Å²) in [5, 5.41) is 0. The predicted molar refractivity (Wildman–Crippen MR) is 67.4 cm³/mol. The summed E-state index contributed by atoms with van der Waals surface area (Å²) in [6.45, 7) is 13.5. The van der Waals surface area contributed by atoms with Crippen molar-refractivity contribution < 1.29 is 4.74 Å². The van der Waals surface area contributed by atoms with Gasteiger partial charge in [-0.15, -0.1) is 0 Å². The first-order valence-corrected chi connectivity index (χ1v) is 5.15. The molecule has 0 heterocycles. The summed E-state index contributed by atoms with van der Waals surface area (Å²) in [6.07, 6.45) is 10.4. The third-order valence-electron chi connectivity index (χ3n) is 1.76. The Labute approximate surface area is 93.1 Å². The highest BCUT2D eigenvalue weighted by Gasteiger charge is 2.00. The van der Waals surface area contributed by atoms with Crippen LogP contribution in [0.15, 0.2) is 60.6 Å². The van der Waals surface area contributed by atoms with E-state index in [0.29, 0.717) is 5.76 Å². The second kappa shape index (κ2) is 7.86. The van der Waals surface area contributed by atoms with Gasteiger partial charge in [-0.2, -0.15) is 0 Å². The standard InChI is InChI=1S/C14H20O/c1-6-9-12(4)14(11-8-3)15-13(5)10-7-2/h7-11H,3,5-6H2,1-2,4H3/b10-7-,12-9-,14-11+. The Morgan fingerprint density at radius 3 is 2.53 bits per heavy atom. The van der Waals surface area contributed by atoms with E-state index in [1.807, 2.05) is 32.1 Å². The fourth-order valence-electron chi connectivity index (χ4n) is 1.12. The van der Waals surface area contributed by atoms with Crippen molar-refractivity contribution in [1.29, 1.82) is 0 Å². The van der Waals surface area contributed by atoms with E-state index in [-0.39, 0.29) is 0 Å². The molecular weight excluding hydrogens is 184 g/mol. The molecular formula is C14H20O. The molecule has 0 unspecified atom stereocenters. The Hall–Kier alpha value is -1.50. The molecule has 0 amide bonds. The average Bonchev–Trinajstić information content (AvgIpc) is 2.18. The van der Waals surface area contributed by atoms with Crippen LogP contribution >= 0.6 is 0 Å². The molecule has 1 heteroatoms. The van der Waals surface area contributed by atoms with Crippen LogP contribution in [-0.4, -0.2) is 0 Å². The lowest BCUT2D eigenvalue weighted by molar-refractivity contribution is 0.331. The highest BCUT2D eigenvalue weighted by Crippen LogP contribution is 2.16. The molecule has 0 aliphatic rings. The molecule has 0 bridgehead atoms. The molecule has 15 heavy (non-hydrogen) atoms. The summed E-state index contributed by atoms with van der Waals surface area (Å²) in [5.74, 6) is 1.43. The van der Waals surface area contributed by atoms with Gasteiger partial charge in [0.25, 0.3) is 0 Å². The van der Waals surface area contributed by atoms with E-state index >= 15 is 0 Å². The molecule has 0 radical (unpaired) electrons. The number of hydrogen-bond acceptors (Lipinski definition) is 1. The molecule has 0 aromatic rings. The molecule has 0 saturated heterocycles. The fraction of sp³-hybridized carbons (Fsp3) is 0.286. The van der Waals surface area contributed by atoms with Gasteiger partial charge in [0.05, 0.1) is 0 Å². The van der Waals surface area contributed by atoms with Crippen molar-refractivity contribution >= 4 is 0 Å². The van der Waals surface area contributed by atoms with Crippen molar-refractivity contribution in [3.05, 3.63) is 60.6 Å². The SMILES string of the molecule is C=C/C=C(OC(=C)/C=C\C)\C(C)=C/CC. The van der Waals surface area contributed by atoms with E-state index < -0.39 is 0 Å². The smallest absolute Gasteiger partial charge is 0.129 e. The van der Waals surface area contributed by atoms with Gasteiger partial charge in [0, 0.05) is 0 Å². The number of rotatable bonds is 6. The monoisotopic (exact) mass is 204 g/mol. The molecule has 0 aromatic carbocycles. The first-order chi connectivity index (χ1) is 7.15. The first-order valence-electron chi connectivity index (χ1n) is 5.15. The van der Waals surface area contributed by atoms with Gasteiger partial charge in [0.1, 0.15) is 11.5 Å². The maximum absolute atomic E-state index is 5.59. The number of ether oxygens (including phenoxy) is 1. The molecule has 0 atom stereocenters. The topological polar surface area (TPSA) is 9.23 Å². The van der Waals surface area contributed by atoms with Crippen LogP contribution in [0.4, 0.5) is 0 Å². The second-order valence-corrected chi connectivity index (χ2v) is 3.13. The van der Waals surface area contributed by atoms with Crippen LogP contribution in [0.3, 0.4) is 0 Å². The van der Waals surface area contributed by atoms with E-state index in [1.165, 1.54) is 0 Å². The van der Waals surface area contributed by atoms with Crippen molar-refractivity contribution in [3.8, 4) is 0 Å². The Kier molecular flexibility index (Phi) is 7.08. The van der Waals surface area contributed by atoms with E-state index in [9.17, 15) is 0 Å². The molecule has 0 saturated carbocycles. The summed E-state index contributed by atoms with van der Waals surface area (Å²) < 4.78 is 5.59. The predicted octanol–water partition coefficient (Wildman–Crippen LogP) is 4.52. The summed E-state index contributed by atoms with van der Waals surface area (Å²) in [4.78, 5) is 0. The molecule has 0 aromatic heterocycles. The summed E-state index contributed by atoms with van der Waals surface area (Å²) in [6, 6.07) is 0. The van der Waals surface area contributed by atoms with Gasteiger partial charge < -0.3 is 4.74 Å². The van der Waals surface area contributed by atoms with Gasteiger partial charge in [0.2, 0.25) is 0 Å². The van der Waals surface area contributed by atoms with Crippen LogP contribution < -0.4 is 0 Å². The molecule has 0 aliphatic carbocycles. The zero-order valence-corrected chi connectivity index (χ0v) is 9.92. The average molecular weight is 204 g/mol. The highest BCUT2D eigenvalue weighted by molar-refractivity contribution is 5.29. The summed E-state index contributed by atoms with van der Waals surface area (Å²) in [7, 11) is 0. The van der Waals surface area contributed by atoms with Crippen molar-refractivity contribution in [3.63, 3.8) is 0 Å². The van der Waals surface area contributed by atoms with Crippen LogP contribution in [0.2, 0.25) is 0 Å². The number of hydrogen-bond donors (Lipinski definition) is 0. The highest BCUT2D eigenvalue weighted by atomic mass is 16.5. The van der Waals surface area contributed by atoms with Crippen LogP contribution in [0.1, 0.15) is 27.2 Å². The van der Waals surface area contributed by atoms with Crippen LogP contribution in [0.25, 0.3) is 0 Å².